The molecule has 1 heterocycles. The van der Waals surface area contributed by atoms with Gasteiger partial charge in [-0.05, 0) is 31.2 Å². The molecule has 1 saturated heterocycles. The fourth-order valence-electron chi connectivity index (χ4n) is 3.83. The molecule has 0 spiro atoms. The van der Waals surface area contributed by atoms with Crippen molar-refractivity contribution in [3.8, 4) is 0 Å². The van der Waals surface area contributed by atoms with Crippen molar-refractivity contribution in [1.82, 2.24) is 10.2 Å². The fourth-order valence-corrected chi connectivity index (χ4v) is 3.83. The summed E-state index contributed by atoms with van der Waals surface area (Å²) < 4.78 is 0. The van der Waals surface area contributed by atoms with E-state index < -0.39 is 0 Å². The maximum absolute atomic E-state index is 3.78. The van der Waals surface area contributed by atoms with Crippen LogP contribution in [0.2, 0.25) is 0 Å². The van der Waals surface area contributed by atoms with Crippen LogP contribution in [0.4, 0.5) is 0 Å². The first-order valence-corrected chi connectivity index (χ1v) is 8.82. The van der Waals surface area contributed by atoms with Crippen LogP contribution in [0.1, 0.15) is 57.6 Å². The van der Waals surface area contributed by atoms with Crippen LogP contribution in [-0.4, -0.2) is 30.1 Å². The molecule has 3 rings (SSSR count). The second kappa shape index (κ2) is 6.93. The summed E-state index contributed by atoms with van der Waals surface area (Å²) in [4.78, 5) is 2.78. The van der Waals surface area contributed by atoms with Gasteiger partial charge in [0.2, 0.25) is 0 Å². The Morgan fingerprint density at radius 2 is 2.00 bits per heavy atom. The third-order valence-corrected chi connectivity index (χ3v) is 5.19. The van der Waals surface area contributed by atoms with Gasteiger partial charge in [0.15, 0.2) is 0 Å². The highest BCUT2D eigenvalue weighted by atomic mass is 15.3. The van der Waals surface area contributed by atoms with Crippen molar-refractivity contribution in [2.45, 2.75) is 64.1 Å². The molecule has 2 aliphatic rings. The van der Waals surface area contributed by atoms with Gasteiger partial charge in [0.1, 0.15) is 0 Å². The van der Waals surface area contributed by atoms with Gasteiger partial charge in [0.05, 0.1) is 0 Å². The van der Waals surface area contributed by atoms with Crippen molar-refractivity contribution < 1.29 is 0 Å². The normalized spacial score (nSPS) is 28.5. The summed E-state index contributed by atoms with van der Waals surface area (Å²) in [5.41, 5.74) is 1.47. The van der Waals surface area contributed by atoms with Gasteiger partial charge in [-0.15, -0.1) is 0 Å². The first-order chi connectivity index (χ1) is 10.3. The molecule has 3 unspecified atom stereocenters. The standard InChI is InChI=1S/C19H30N2/c1-3-7-18-14-21(15(2)12-16-10-11-16)19(13-20-18)17-8-5-4-6-9-17/h4-6,8-9,15-16,18-20H,3,7,10-14H2,1-2H3. The third-order valence-electron chi connectivity index (χ3n) is 5.19. The second-order valence-electron chi connectivity index (χ2n) is 7.05. The highest BCUT2D eigenvalue weighted by Crippen LogP contribution is 2.37. The Hall–Kier alpha value is -0.860. The second-order valence-corrected chi connectivity index (χ2v) is 7.05. The van der Waals surface area contributed by atoms with Gasteiger partial charge >= 0.3 is 0 Å². The topological polar surface area (TPSA) is 15.3 Å². The Bertz CT molecular complexity index is 426. The predicted octanol–water partition coefficient (Wildman–Crippen LogP) is 3.99. The number of piperazine rings is 1. The quantitative estimate of drug-likeness (QED) is 0.850. The van der Waals surface area contributed by atoms with Crippen LogP contribution >= 0.6 is 0 Å². The molecule has 2 nitrogen and oxygen atoms in total. The lowest BCUT2D eigenvalue weighted by Gasteiger charge is -2.44. The van der Waals surface area contributed by atoms with Crippen LogP contribution in [0.15, 0.2) is 30.3 Å². The molecule has 2 heteroatoms. The smallest absolute Gasteiger partial charge is 0.0476 e. The van der Waals surface area contributed by atoms with Gasteiger partial charge in [-0.25, -0.2) is 0 Å². The van der Waals surface area contributed by atoms with Crippen LogP contribution in [0.5, 0.6) is 0 Å². The van der Waals surface area contributed by atoms with E-state index in [9.17, 15) is 0 Å². The average Bonchev–Trinajstić information content (AvgIpc) is 3.32. The monoisotopic (exact) mass is 286 g/mol. The summed E-state index contributed by atoms with van der Waals surface area (Å²) in [5, 5.41) is 3.78. The SMILES string of the molecule is CCCC1CN(C(C)CC2CC2)C(c2ccccc2)CN1. The Labute approximate surface area is 129 Å². The van der Waals surface area contributed by atoms with Crippen molar-refractivity contribution in [2.75, 3.05) is 13.1 Å². The van der Waals surface area contributed by atoms with Crippen molar-refractivity contribution in [3.63, 3.8) is 0 Å². The van der Waals surface area contributed by atoms with Gasteiger partial charge in [0.25, 0.3) is 0 Å². The van der Waals surface area contributed by atoms with Crippen LogP contribution < -0.4 is 5.32 Å². The molecule has 0 bridgehead atoms. The summed E-state index contributed by atoms with van der Waals surface area (Å²) in [7, 11) is 0. The molecule has 2 fully saturated rings. The number of benzene rings is 1. The summed E-state index contributed by atoms with van der Waals surface area (Å²) in [6.07, 6.45) is 6.89. The molecule has 1 saturated carbocycles. The zero-order valence-corrected chi connectivity index (χ0v) is 13.6. The summed E-state index contributed by atoms with van der Waals surface area (Å²) >= 11 is 0. The maximum atomic E-state index is 3.78. The van der Waals surface area contributed by atoms with Crippen molar-refractivity contribution >= 4 is 0 Å². The van der Waals surface area contributed by atoms with Gasteiger partial charge < -0.3 is 5.32 Å². The zero-order chi connectivity index (χ0) is 14.7. The van der Waals surface area contributed by atoms with E-state index in [-0.39, 0.29) is 0 Å². The van der Waals surface area contributed by atoms with Gasteiger partial charge in [0, 0.05) is 31.2 Å². The van der Waals surface area contributed by atoms with E-state index in [1.54, 1.807) is 0 Å². The molecule has 1 aliphatic heterocycles. The lowest BCUT2D eigenvalue weighted by Crippen LogP contribution is -2.54. The Kier molecular flexibility index (Phi) is 4.97. The lowest BCUT2D eigenvalue weighted by atomic mass is 9.96. The van der Waals surface area contributed by atoms with E-state index in [1.807, 2.05) is 0 Å². The van der Waals surface area contributed by atoms with E-state index in [1.165, 1.54) is 44.2 Å². The van der Waals surface area contributed by atoms with E-state index in [2.05, 4.69) is 54.4 Å². The van der Waals surface area contributed by atoms with Gasteiger partial charge in [-0.3, -0.25) is 4.90 Å². The van der Waals surface area contributed by atoms with Crippen molar-refractivity contribution in [1.29, 1.82) is 0 Å². The summed E-state index contributed by atoms with van der Waals surface area (Å²) in [6, 6.07) is 13.0. The van der Waals surface area contributed by atoms with Crippen molar-refractivity contribution in [3.05, 3.63) is 35.9 Å². The third kappa shape index (κ3) is 3.87. The molecule has 0 radical (unpaired) electrons. The van der Waals surface area contributed by atoms with Crippen LogP contribution in [0.3, 0.4) is 0 Å². The summed E-state index contributed by atoms with van der Waals surface area (Å²) in [5.74, 6) is 1.01. The van der Waals surface area contributed by atoms with E-state index >= 15 is 0 Å². The molecule has 1 aliphatic carbocycles. The molecule has 1 aromatic carbocycles. The zero-order valence-electron chi connectivity index (χ0n) is 13.6. The largest absolute Gasteiger partial charge is 0.311 e. The predicted molar refractivity (Wildman–Crippen MR) is 89.4 cm³/mol. The molecule has 116 valence electrons. The number of hydrogen-bond acceptors (Lipinski definition) is 2. The average molecular weight is 286 g/mol. The Balaban J connectivity index is 1.73. The van der Waals surface area contributed by atoms with Crippen LogP contribution in [-0.2, 0) is 0 Å². The number of nitrogens with one attached hydrogen (secondary N) is 1. The first kappa shape index (κ1) is 15.1. The van der Waals surface area contributed by atoms with E-state index in [0.29, 0.717) is 18.1 Å². The van der Waals surface area contributed by atoms with E-state index in [4.69, 9.17) is 0 Å². The van der Waals surface area contributed by atoms with Crippen molar-refractivity contribution in [2.24, 2.45) is 5.92 Å². The number of hydrogen-bond donors (Lipinski definition) is 1. The highest BCUT2D eigenvalue weighted by molar-refractivity contribution is 5.20. The molecule has 0 aromatic heterocycles. The Morgan fingerprint density at radius 3 is 2.67 bits per heavy atom. The maximum Gasteiger partial charge on any atom is 0.0476 e. The minimum atomic E-state index is 0.549. The first-order valence-electron chi connectivity index (χ1n) is 8.82. The fraction of sp³-hybridized carbons (Fsp3) is 0.684. The molecular weight excluding hydrogens is 256 g/mol. The van der Waals surface area contributed by atoms with Gasteiger partial charge in [-0.2, -0.15) is 0 Å². The van der Waals surface area contributed by atoms with Crippen LogP contribution in [0, 0.1) is 5.92 Å². The molecule has 1 N–H and O–H groups in total. The Morgan fingerprint density at radius 1 is 1.24 bits per heavy atom. The molecule has 0 amide bonds. The molecular formula is C19H30N2. The molecule has 21 heavy (non-hydrogen) atoms. The molecule has 3 atom stereocenters. The number of nitrogens with zero attached hydrogens (tertiary/aromatic N) is 1. The van der Waals surface area contributed by atoms with Crippen LogP contribution in [0.25, 0.3) is 0 Å². The molecule has 1 aromatic rings. The number of rotatable bonds is 6. The minimum absolute atomic E-state index is 0.549. The summed E-state index contributed by atoms with van der Waals surface area (Å²) in [6.45, 7) is 7.05. The highest BCUT2D eigenvalue weighted by Gasteiger charge is 2.34. The van der Waals surface area contributed by atoms with Gasteiger partial charge in [-0.1, -0.05) is 56.5 Å². The lowest BCUT2D eigenvalue weighted by molar-refractivity contribution is 0.0791. The van der Waals surface area contributed by atoms with E-state index in [0.717, 1.165) is 12.5 Å². The minimum Gasteiger partial charge on any atom is -0.311 e.